The molecular weight excluding hydrogens is 262 g/mol. The molecule has 0 atom stereocenters. The second-order valence-electron chi connectivity index (χ2n) is 6.10. The highest BCUT2D eigenvalue weighted by molar-refractivity contribution is 5.38. The third-order valence-corrected chi connectivity index (χ3v) is 4.44. The minimum absolute atomic E-state index is 0.507. The average Bonchev–Trinajstić information content (AvgIpc) is 3.04. The van der Waals surface area contributed by atoms with Gasteiger partial charge in [-0.05, 0) is 61.4 Å². The van der Waals surface area contributed by atoms with Crippen LogP contribution < -0.4 is 10.1 Å². The van der Waals surface area contributed by atoms with Gasteiger partial charge in [0, 0.05) is 18.2 Å². The summed E-state index contributed by atoms with van der Waals surface area (Å²) in [6.07, 6.45) is 8.03. The number of nitrogens with one attached hydrogen (secondary N) is 1. The van der Waals surface area contributed by atoms with E-state index in [4.69, 9.17) is 9.15 Å². The molecule has 2 aromatic rings. The Morgan fingerprint density at radius 3 is 2.95 bits per heavy atom. The van der Waals surface area contributed by atoms with Crippen molar-refractivity contribution in [3.05, 3.63) is 53.0 Å². The number of furan rings is 1. The predicted molar refractivity (Wildman–Crippen MR) is 81.4 cm³/mol. The maximum atomic E-state index is 5.92. The van der Waals surface area contributed by atoms with Crippen molar-refractivity contribution in [1.82, 2.24) is 5.32 Å². The Kier molecular flexibility index (Phi) is 3.44. The molecule has 110 valence electrons. The van der Waals surface area contributed by atoms with Crippen LogP contribution in [0.25, 0.3) is 0 Å². The van der Waals surface area contributed by atoms with E-state index in [2.05, 4.69) is 23.5 Å². The van der Waals surface area contributed by atoms with Crippen LogP contribution in [0, 0.1) is 0 Å². The lowest BCUT2D eigenvalue weighted by molar-refractivity contribution is 0.268. The highest BCUT2D eigenvalue weighted by Crippen LogP contribution is 2.27. The summed E-state index contributed by atoms with van der Waals surface area (Å²) in [6.45, 7) is 1.39. The fraction of sp³-hybridized carbons (Fsp3) is 0.444. The molecule has 0 bridgehead atoms. The molecule has 1 aromatic carbocycles. The van der Waals surface area contributed by atoms with Crippen LogP contribution in [0.5, 0.6) is 5.75 Å². The van der Waals surface area contributed by atoms with Crippen LogP contribution in [-0.4, -0.2) is 6.04 Å². The largest absolute Gasteiger partial charge is 0.486 e. The zero-order valence-electron chi connectivity index (χ0n) is 12.2. The molecule has 0 saturated heterocycles. The van der Waals surface area contributed by atoms with Gasteiger partial charge in [0.15, 0.2) is 0 Å². The van der Waals surface area contributed by atoms with Crippen molar-refractivity contribution < 1.29 is 9.15 Å². The van der Waals surface area contributed by atoms with Crippen molar-refractivity contribution in [1.29, 1.82) is 0 Å². The Labute approximate surface area is 125 Å². The van der Waals surface area contributed by atoms with E-state index >= 15 is 0 Å². The molecule has 1 N–H and O–H groups in total. The average molecular weight is 283 g/mol. The van der Waals surface area contributed by atoms with Crippen molar-refractivity contribution >= 4 is 0 Å². The lowest BCUT2D eigenvalue weighted by atomic mass is 10.1. The van der Waals surface area contributed by atoms with E-state index in [1.54, 1.807) is 6.26 Å². The van der Waals surface area contributed by atoms with Gasteiger partial charge in [-0.2, -0.15) is 0 Å². The summed E-state index contributed by atoms with van der Waals surface area (Å²) >= 11 is 0. The van der Waals surface area contributed by atoms with Crippen molar-refractivity contribution in [2.75, 3.05) is 0 Å². The normalized spacial score (nSPS) is 17.0. The second-order valence-corrected chi connectivity index (χ2v) is 6.10. The Morgan fingerprint density at radius 2 is 2.05 bits per heavy atom. The molecule has 3 nitrogen and oxygen atoms in total. The number of fused-ring (bicyclic) bond motifs is 1. The van der Waals surface area contributed by atoms with Gasteiger partial charge in [-0.25, -0.2) is 0 Å². The highest BCUT2D eigenvalue weighted by Gasteiger charge is 2.21. The zero-order valence-corrected chi connectivity index (χ0v) is 12.2. The first-order chi connectivity index (χ1) is 10.4. The van der Waals surface area contributed by atoms with Gasteiger partial charge in [-0.15, -0.1) is 0 Å². The van der Waals surface area contributed by atoms with Crippen LogP contribution in [0.4, 0.5) is 0 Å². The lowest BCUT2D eigenvalue weighted by Crippen LogP contribution is -2.16. The molecule has 0 amide bonds. The summed E-state index contributed by atoms with van der Waals surface area (Å²) in [6, 6.07) is 9.22. The third kappa shape index (κ3) is 2.98. The molecule has 0 unspecified atom stereocenters. The molecule has 2 aliphatic rings. The first-order valence-electron chi connectivity index (χ1n) is 7.92. The highest BCUT2D eigenvalue weighted by atomic mass is 16.5. The molecule has 1 fully saturated rings. The number of hydrogen-bond donors (Lipinski definition) is 1. The number of rotatable bonds is 6. The smallest absolute Gasteiger partial charge is 0.146 e. The molecule has 0 aliphatic heterocycles. The van der Waals surface area contributed by atoms with Crippen LogP contribution in [0.15, 0.2) is 34.9 Å². The van der Waals surface area contributed by atoms with Crippen LogP contribution in [0.1, 0.15) is 41.7 Å². The lowest BCUT2D eigenvalue weighted by Gasteiger charge is -2.08. The molecule has 0 spiro atoms. The van der Waals surface area contributed by atoms with Gasteiger partial charge in [0.25, 0.3) is 0 Å². The third-order valence-electron chi connectivity index (χ3n) is 4.44. The number of hydrogen-bond acceptors (Lipinski definition) is 3. The molecule has 1 saturated carbocycles. The molecule has 21 heavy (non-hydrogen) atoms. The van der Waals surface area contributed by atoms with Crippen molar-refractivity contribution in [3.8, 4) is 5.75 Å². The fourth-order valence-corrected chi connectivity index (χ4v) is 2.98. The molecule has 4 rings (SSSR count). The Bertz CT molecular complexity index is 628. The summed E-state index contributed by atoms with van der Waals surface area (Å²) < 4.78 is 11.5. The van der Waals surface area contributed by atoms with Gasteiger partial charge in [0.2, 0.25) is 0 Å². The molecule has 2 aliphatic carbocycles. The van der Waals surface area contributed by atoms with Crippen LogP contribution in [0.2, 0.25) is 0 Å². The summed E-state index contributed by atoms with van der Waals surface area (Å²) in [5.41, 5.74) is 4.14. The summed E-state index contributed by atoms with van der Waals surface area (Å²) in [4.78, 5) is 0. The molecule has 1 heterocycles. The first-order valence-corrected chi connectivity index (χ1v) is 7.92. The molecule has 0 radical (unpaired) electrons. The number of benzene rings is 1. The minimum atomic E-state index is 0.507. The molecule has 3 heteroatoms. The Hall–Kier alpha value is -1.74. The van der Waals surface area contributed by atoms with Crippen molar-refractivity contribution in [2.45, 2.75) is 51.3 Å². The van der Waals surface area contributed by atoms with E-state index in [1.165, 1.54) is 48.8 Å². The predicted octanol–water partition coefficient (Wildman–Crippen LogP) is 3.60. The summed E-state index contributed by atoms with van der Waals surface area (Å²) in [7, 11) is 0. The number of aryl methyl sites for hydroxylation is 2. The van der Waals surface area contributed by atoms with Crippen LogP contribution in [-0.2, 0) is 26.0 Å². The topological polar surface area (TPSA) is 34.4 Å². The van der Waals surface area contributed by atoms with Gasteiger partial charge < -0.3 is 14.5 Å². The van der Waals surface area contributed by atoms with E-state index in [0.29, 0.717) is 12.6 Å². The Morgan fingerprint density at radius 1 is 1.14 bits per heavy atom. The van der Waals surface area contributed by atoms with Crippen molar-refractivity contribution in [3.63, 3.8) is 0 Å². The second kappa shape index (κ2) is 5.57. The van der Waals surface area contributed by atoms with Gasteiger partial charge in [0.05, 0.1) is 6.26 Å². The maximum Gasteiger partial charge on any atom is 0.146 e. The fourth-order valence-electron chi connectivity index (χ4n) is 2.98. The van der Waals surface area contributed by atoms with E-state index < -0.39 is 0 Å². The summed E-state index contributed by atoms with van der Waals surface area (Å²) in [5.74, 6) is 1.89. The SMILES string of the molecule is c1cc(CNC2CC2)c(COc2ccc3c(c2)CCC3)o1. The number of ether oxygens (including phenoxy) is 1. The Balaban J connectivity index is 1.38. The van der Waals surface area contributed by atoms with E-state index in [1.807, 2.05) is 6.07 Å². The first kappa shape index (κ1) is 13.0. The summed E-state index contributed by atoms with van der Waals surface area (Å²) in [5, 5.41) is 3.52. The van der Waals surface area contributed by atoms with Crippen LogP contribution in [0.3, 0.4) is 0 Å². The van der Waals surface area contributed by atoms with E-state index in [-0.39, 0.29) is 0 Å². The van der Waals surface area contributed by atoms with Gasteiger partial charge in [-0.3, -0.25) is 0 Å². The monoisotopic (exact) mass is 283 g/mol. The van der Waals surface area contributed by atoms with Gasteiger partial charge >= 0.3 is 0 Å². The van der Waals surface area contributed by atoms with Gasteiger partial charge in [-0.1, -0.05) is 6.07 Å². The minimum Gasteiger partial charge on any atom is -0.486 e. The van der Waals surface area contributed by atoms with Crippen LogP contribution >= 0.6 is 0 Å². The zero-order chi connectivity index (χ0) is 14.1. The molecule has 1 aromatic heterocycles. The molecular formula is C18H21NO2. The standard InChI is InChI=1S/C18H21NO2/c1-2-13-4-7-17(10-14(13)3-1)21-12-18-15(8-9-20-18)11-19-16-5-6-16/h4,7-10,16,19H,1-3,5-6,11-12H2. The quantitative estimate of drug-likeness (QED) is 0.879. The van der Waals surface area contributed by atoms with E-state index in [0.717, 1.165) is 18.1 Å². The van der Waals surface area contributed by atoms with E-state index in [9.17, 15) is 0 Å². The maximum absolute atomic E-state index is 5.92. The van der Waals surface area contributed by atoms with Gasteiger partial charge in [0.1, 0.15) is 18.1 Å². The van der Waals surface area contributed by atoms with Crippen molar-refractivity contribution in [2.24, 2.45) is 0 Å².